The Hall–Kier alpha value is -2.41. The number of para-hydroxylation sites is 1. The maximum Gasteiger partial charge on any atom is 0.239 e. The van der Waals surface area contributed by atoms with Crippen LogP contribution in [0.25, 0.3) is 0 Å². The molecule has 28 heavy (non-hydrogen) atoms. The maximum absolute atomic E-state index is 13.0. The van der Waals surface area contributed by atoms with Gasteiger partial charge in [-0.1, -0.05) is 25.1 Å². The van der Waals surface area contributed by atoms with E-state index >= 15 is 0 Å². The Kier molecular flexibility index (Phi) is 5.35. The fraction of sp³-hybridized carbons (Fsp3) is 0.571. The van der Waals surface area contributed by atoms with E-state index in [4.69, 9.17) is 4.42 Å². The number of aliphatic hydroxyl groups excluding tert-OH is 1. The second kappa shape index (κ2) is 7.91. The normalized spacial score (nSPS) is 24.5. The van der Waals surface area contributed by atoms with Crippen molar-refractivity contribution in [3.8, 4) is 0 Å². The molecule has 0 aliphatic carbocycles. The minimum absolute atomic E-state index is 0.0213. The number of hydrogen-bond acceptors (Lipinski definition) is 6. The van der Waals surface area contributed by atoms with E-state index in [0.29, 0.717) is 50.2 Å². The lowest BCUT2D eigenvalue weighted by Gasteiger charge is -2.37. The molecule has 0 bridgehead atoms. The van der Waals surface area contributed by atoms with Gasteiger partial charge in [-0.3, -0.25) is 4.79 Å². The Morgan fingerprint density at radius 2 is 2.14 bits per heavy atom. The lowest BCUT2D eigenvalue weighted by atomic mass is 9.96. The number of aryl methyl sites for hydroxylation is 2. The summed E-state index contributed by atoms with van der Waals surface area (Å²) >= 11 is 0. The summed E-state index contributed by atoms with van der Waals surface area (Å²) in [5, 5.41) is 18.2. The van der Waals surface area contributed by atoms with Crippen LogP contribution in [0.3, 0.4) is 0 Å². The van der Waals surface area contributed by atoms with Gasteiger partial charge in [0.1, 0.15) is 6.04 Å². The van der Waals surface area contributed by atoms with E-state index < -0.39 is 6.10 Å². The van der Waals surface area contributed by atoms with Crippen LogP contribution in [0.1, 0.15) is 56.5 Å². The topological polar surface area (TPSA) is 82.7 Å². The summed E-state index contributed by atoms with van der Waals surface area (Å²) in [6.07, 6.45) is 3.12. The van der Waals surface area contributed by atoms with E-state index in [2.05, 4.69) is 46.3 Å². The number of amides is 1. The molecule has 7 nitrogen and oxygen atoms in total. The summed E-state index contributed by atoms with van der Waals surface area (Å²) in [6.45, 7) is 5.15. The average molecular weight is 384 g/mol. The number of benzene rings is 1. The first-order valence-corrected chi connectivity index (χ1v) is 10.2. The third-order valence-electron chi connectivity index (χ3n) is 5.90. The molecule has 150 valence electrons. The smallest absolute Gasteiger partial charge is 0.239 e. The quantitative estimate of drug-likeness (QED) is 0.853. The van der Waals surface area contributed by atoms with Crippen molar-refractivity contribution in [2.45, 2.75) is 64.1 Å². The minimum Gasteiger partial charge on any atom is -0.423 e. The highest BCUT2D eigenvalue weighted by Crippen LogP contribution is 2.33. The van der Waals surface area contributed by atoms with Gasteiger partial charge in [0.15, 0.2) is 0 Å². The van der Waals surface area contributed by atoms with Crippen molar-refractivity contribution in [3.63, 3.8) is 0 Å². The van der Waals surface area contributed by atoms with Crippen LogP contribution in [0.15, 0.2) is 28.7 Å². The minimum atomic E-state index is -0.555. The second-order valence-corrected chi connectivity index (χ2v) is 7.80. The molecule has 3 atom stereocenters. The van der Waals surface area contributed by atoms with Crippen LogP contribution in [-0.4, -0.2) is 51.3 Å². The van der Waals surface area contributed by atoms with Crippen molar-refractivity contribution < 1.29 is 14.3 Å². The maximum atomic E-state index is 13.0. The first kappa shape index (κ1) is 18.9. The molecule has 2 aliphatic rings. The molecule has 0 spiro atoms. The number of carbonyl (C=O) groups excluding carboxylic acids is 1. The summed E-state index contributed by atoms with van der Waals surface area (Å²) in [5.41, 5.74) is 2.58. The van der Waals surface area contributed by atoms with Crippen molar-refractivity contribution in [3.05, 3.63) is 41.6 Å². The second-order valence-electron chi connectivity index (χ2n) is 7.80. The molecule has 7 heteroatoms. The Morgan fingerprint density at radius 3 is 2.93 bits per heavy atom. The number of nitrogens with zero attached hydrogens (tertiary/aromatic N) is 4. The highest BCUT2D eigenvalue weighted by molar-refractivity contribution is 5.78. The first-order chi connectivity index (χ1) is 13.6. The molecule has 0 radical (unpaired) electrons. The van der Waals surface area contributed by atoms with Crippen molar-refractivity contribution >= 4 is 11.6 Å². The molecule has 1 aromatic heterocycles. The van der Waals surface area contributed by atoms with Crippen molar-refractivity contribution in [2.24, 2.45) is 0 Å². The molecule has 1 aromatic carbocycles. The SMILES string of the molecule is CCc1nnc([C@H]2C[C@@H](O)CN2C(=O)CCN2c3ccccc3CCC2C)o1. The van der Waals surface area contributed by atoms with E-state index in [9.17, 15) is 9.90 Å². The molecule has 4 rings (SSSR count). The van der Waals surface area contributed by atoms with Crippen molar-refractivity contribution in [2.75, 3.05) is 18.0 Å². The number of hydrogen-bond donors (Lipinski definition) is 1. The highest BCUT2D eigenvalue weighted by atomic mass is 16.4. The Balaban J connectivity index is 1.45. The molecule has 2 aliphatic heterocycles. The Labute approximate surface area is 165 Å². The van der Waals surface area contributed by atoms with Crippen molar-refractivity contribution in [1.82, 2.24) is 15.1 Å². The molecule has 1 N–H and O–H groups in total. The van der Waals surface area contributed by atoms with Gasteiger partial charge in [-0.25, -0.2) is 0 Å². The molecule has 1 saturated heterocycles. The predicted molar refractivity (Wildman–Crippen MR) is 105 cm³/mol. The molecule has 2 aromatic rings. The van der Waals surface area contributed by atoms with Gasteiger partial charge in [-0.15, -0.1) is 10.2 Å². The van der Waals surface area contributed by atoms with E-state index in [0.717, 1.165) is 12.8 Å². The molecule has 0 saturated carbocycles. The zero-order valence-corrected chi connectivity index (χ0v) is 16.5. The average Bonchev–Trinajstić information content (AvgIpc) is 3.33. The van der Waals surface area contributed by atoms with Gasteiger partial charge < -0.3 is 19.3 Å². The molecule has 1 unspecified atom stereocenters. The highest BCUT2D eigenvalue weighted by Gasteiger charge is 2.38. The predicted octanol–water partition coefficient (Wildman–Crippen LogP) is 2.50. The van der Waals surface area contributed by atoms with E-state index in [-0.39, 0.29) is 11.9 Å². The summed E-state index contributed by atoms with van der Waals surface area (Å²) in [5.74, 6) is 1.01. The van der Waals surface area contributed by atoms with E-state index in [1.54, 1.807) is 4.90 Å². The molecule has 1 fully saturated rings. The van der Waals surface area contributed by atoms with Gasteiger partial charge in [-0.05, 0) is 31.4 Å². The summed E-state index contributed by atoms with van der Waals surface area (Å²) in [6, 6.07) is 8.52. The fourth-order valence-corrected chi connectivity index (χ4v) is 4.33. The van der Waals surface area contributed by atoms with Gasteiger partial charge in [0.2, 0.25) is 17.7 Å². The summed E-state index contributed by atoms with van der Waals surface area (Å²) < 4.78 is 5.67. The number of aliphatic hydroxyl groups is 1. The van der Waals surface area contributed by atoms with Crippen LogP contribution in [0.2, 0.25) is 0 Å². The Bertz CT molecular complexity index is 837. The lowest BCUT2D eigenvalue weighted by molar-refractivity contribution is -0.132. The van der Waals surface area contributed by atoms with Crippen LogP contribution in [0, 0.1) is 0 Å². The largest absolute Gasteiger partial charge is 0.423 e. The Morgan fingerprint density at radius 1 is 1.32 bits per heavy atom. The van der Waals surface area contributed by atoms with Gasteiger partial charge >= 0.3 is 0 Å². The van der Waals surface area contributed by atoms with E-state index in [1.165, 1.54) is 11.3 Å². The van der Waals surface area contributed by atoms with Gasteiger partial charge in [0.25, 0.3) is 0 Å². The number of anilines is 1. The van der Waals surface area contributed by atoms with Crippen LogP contribution >= 0.6 is 0 Å². The number of rotatable bonds is 5. The summed E-state index contributed by atoms with van der Waals surface area (Å²) in [7, 11) is 0. The van der Waals surface area contributed by atoms with Crippen LogP contribution < -0.4 is 4.90 Å². The molecule has 1 amide bonds. The van der Waals surface area contributed by atoms with Gasteiger partial charge in [0.05, 0.1) is 6.10 Å². The molecular weight excluding hydrogens is 356 g/mol. The summed E-state index contributed by atoms with van der Waals surface area (Å²) in [4.78, 5) is 17.1. The third kappa shape index (κ3) is 3.63. The lowest BCUT2D eigenvalue weighted by Crippen LogP contribution is -2.41. The third-order valence-corrected chi connectivity index (χ3v) is 5.90. The van der Waals surface area contributed by atoms with Crippen molar-refractivity contribution in [1.29, 1.82) is 0 Å². The molecular formula is C21H28N4O3. The zero-order chi connectivity index (χ0) is 19.7. The van der Waals surface area contributed by atoms with Gasteiger partial charge in [-0.2, -0.15) is 0 Å². The van der Waals surface area contributed by atoms with Crippen LogP contribution in [-0.2, 0) is 17.6 Å². The number of fused-ring (bicyclic) bond motifs is 1. The standard InChI is InChI=1S/C21H28N4O3/c1-3-19-22-23-21(28-19)18-12-16(26)13-25(18)20(27)10-11-24-14(2)8-9-15-6-4-5-7-17(15)24/h4-7,14,16,18,26H,3,8-13H2,1-2H3/t14?,16-,18-/m1/s1. The number of β-amino-alcohol motifs (C(OH)–C–C–N with tert-alkyl or cyclic N) is 1. The van der Waals surface area contributed by atoms with Crippen LogP contribution in [0.4, 0.5) is 5.69 Å². The zero-order valence-electron chi connectivity index (χ0n) is 16.5. The van der Waals surface area contributed by atoms with Gasteiger partial charge in [0, 0.05) is 44.1 Å². The number of carbonyl (C=O) groups is 1. The van der Waals surface area contributed by atoms with E-state index in [1.807, 2.05) is 6.92 Å². The molecule has 3 heterocycles. The number of aromatic nitrogens is 2. The number of likely N-dealkylation sites (tertiary alicyclic amines) is 1. The monoisotopic (exact) mass is 384 g/mol. The van der Waals surface area contributed by atoms with Crippen LogP contribution in [0.5, 0.6) is 0 Å². The first-order valence-electron chi connectivity index (χ1n) is 10.2. The fourth-order valence-electron chi connectivity index (χ4n) is 4.33.